The van der Waals surface area contributed by atoms with E-state index in [4.69, 9.17) is 15.0 Å². The summed E-state index contributed by atoms with van der Waals surface area (Å²) in [6.45, 7) is 2.04. The van der Waals surface area contributed by atoms with Crippen molar-refractivity contribution in [3.63, 3.8) is 0 Å². The Morgan fingerprint density at radius 3 is 3.00 bits per heavy atom. The Kier molecular flexibility index (Phi) is 3.69. The number of methoxy groups -OCH3 is 1. The SMILES string of the molecule is CCc1occc1C(NN)c1c(OC)cnn1C. The van der Waals surface area contributed by atoms with Gasteiger partial charge in [0.15, 0.2) is 5.75 Å². The average molecular weight is 250 g/mol. The number of furan rings is 1. The lowest BCUT2D eigenvalue weighted by Gasteiger charge is -2.17. The Balaban J connectivity index is 2.48. The van der Waals surface area contributed by atoms with Crippen LogP contribution >= 0.6 is 0 Å². The first kappa shape index (κ1) is 12.7. The Bertz CT molecular complexity index is 518. The fourth-order valence-corrected chi connectivity index (χ4v) is 2.12. The van der Waals surface area contributed by atoms with Gasteiger partial charge in [0.25, 0.3) is 0 Å². The molecule has 2 rings (SSSR count). The predicted molar refractivity (Wildman–Crippen MR) is 67.0 cm³/mol. The van der Waals surface area contributed by atoms with Gasteiger partial charge in [-0.25, -0.2) is 5.43 Å². The van der Waals surface area contributed by atoms with Crippen molar-refractivity contribution < 1.29 is 9.15 Å². The second kappa shape index (κ2) is 5.24. The van der Waals surface area contributed by atoms with Crippen molar-refractivity contribution in [2.24, 2.45) is 12.9 Å². The van der Waals surface area contributed by atoms with Gasteiger partial charge < -0.3 is 9.15 Å². The number of nitrogens with zero attached hydrogens (tertiary/aromatic N) is 2. The van der Waals surface area contributed by atoms with Crippen LogP contribution in [-0.2, 0) is 13.5 Å². The number of nitrogens with one attached hydrogen (secondary N) is 1. The van der Waals surface area contributed by atoms with Crippen LogP contribution in [-0.4, -0.2) is 16.9 Å². The number of aromatic nitrogens is 2. The molecule has 2 aromatic heterocycles. The number of hydrazine groups is 1. The molecule has 6 heteroatoms. The van der Waals surface area contributed by atoms with Crippen LogP contribution in [0.1, 0.15) is 30.0 Å². The van der Waals surface area contributed by atoms with E-state index in [-0.39, 0.29) is 6.04 Å². The molecule has 0 saturated heterocycles. The van der Waals surface area contributed by atoms with E-state index in [2.05, 4.69) is 10.5 Å². The molecule has 0 aliphatic carbocycles. The summed E-state index contributed by atoms with van der Waals surface area (Å²) < 4.78 is 12.5. The molecule has 0 fully saturated rings. The van der Waals surface area contributed by atoms with Crippen LogP contribution in [0.15, 0.2) is 22.9 Å². The van der Waals surface area contributed by atoms with E-state index >= 15 is 0 Å². The highest BCUT2D eigenvalue weighted by molar-refractivity contribution is 5.37. The summed E-state index contributed by atoms with van der Waals surface area (Å²) in [7, 11) is 3.47. The number of nitrogens with two attached hydrogens (primary N) is 1. The zero-order valence-electron chi connectivity index (χ0n) is 10.8. The van der Waals surface area contributed by atoms with E-state index in [1.807, 2.05) is 20.0 Å². The predicted octanol–water partition coefficient (Wildman–Crippen LogP) is 1.14. The van der Waals surface area contributed by atoms with Crippen LogP contribution in [0.4, 0.5) is 0 Å². The molecule has 0 aromatic carbocycles. The van der Waals surface area contributed by atoms with Crippen molar-refractivity contribution in [2.75, 3.05) is 7.11 Å². The third kappa shape index (κ3) is 2.00. The molecular formula is C12H18N4O2. The molecule has 3 N–H and O–H groups in total. The maximum Gasteiger partial charge on any atom is 0.161 e. The molecule has 1 atom stereocenters. The number of aryl methyl sites for hydroxylation is 2. The van der Waals surface area contributed by atoms with Crippen molar-refractivity contribution >= 4 is 0 Å². The third-order valence-corrected chi connectivity index (χ3v) is 3.02. The minimum Gasteiger partial charge on any atom is -0.493 e. The number of hydrogen-bond donors (Lipinski definition) is 2. The topological polar surface area (TPSA) is 78.2 Å². The van der Waals surface area contributed by atoms with E-state index in [0.717, 1.165) is 23.4 Å². The van der Waals surface area contributed by atoms with Crippen molar-refractivity contribution in [1.82, 2.24) is 15.2 Å². The Labute approximate surface area is 106 Å². The Morgan fingerprint density at radius 2 is 2.39 bits per heavy atom. The highest BCUT2D eigenvalue weighted by Gasteiger charge is 2.24. The van der Waals surface area contributed by atoms with Gasteiger partial charge in [-0.05, 0) is 6.07 Å². The van der Waals surface area contributed by atoms with Gasteiger partial charge in [0.05, 0.1) is 25.6 Å². The van der Waals surface area contributed by atoms with E-state index in [9.17, 15) is 0 Å². The van der Waals surface area contributed by atoms with Gasteiger partial charge in [0.2, 0.25) is 0 Å². The van der Waals surface area contributed by atoms with Gasteiger partial charge in [0, 0.05) is 19.0 Å². The first-order chi connectivity index (χ1) is 8.72. The molecule has 6 nitrogen and oxygen atoms in total. The number of hydrogen-bond acceptors (Lipinski definition) is 5. The van der Waals surface area contributed by atoms with E-state index in [1.54, 1.807) is 24.3 Å². The number of rotatable bonds is 5. The quantitative estimate of drug-likeness (QED) is 0.614. The molecule has 98 valence electrons. The van der Waals surface area contributed by atoms with Gasteiger partial charge in [-0.15, -0.1) is 0 Å². The smallest absolute Gasteiger partial charge is 0.161 e. The summed E-state index contributed by atoms with van der Waals surface area (Å²) in [5.41, 5.74) is 4.67. The molecular weight excluding hydrogens is 232 g/mol. The maximum atomic E-state index is 5.68. The van der Waals surface area contributed by atoms with E-state index in [0.29, 0.717) is 5.75 Å². The zero-order valence-corrected chi connectivity index (χ0v) is 10.8. The van der Waals surface area contributed by atoms with Gasteiger partial charge in [-0.1, -0.05) is 6.92 Å². The standard InChI is InChI=1S/C12H18N4O2/c1-4-9-8(5-6-18-9)11(15-13)12-10(17-3)7-14-16(12)2/h5-7,11,15H,4,13H2,1-3H3. The van der Waals surface area contributed by atoms with Gasteiger partial charge in [0.1, 0.15) is 11.5 Å². The third-order valence-electron chi connectivity index (χ3n) is 3.02. The molecule has 0 spiro atoms. The van der Waals surface area contributed by atoms with Crippen molar-refractivity contribution in [1.29, 1.82) is 0 Å². The zero-order chi connectivity index (χ0) is 13.1. The molecule has 0 bridgehead atoms. The first-order valence-corrected chi connectivity index (χ1v) is 5.81. The van der Waals surface area contributed by atoms with Gasteiger partial charge in [-0.3, -0.25) is 10.5 Å². The summed E-state index contributed by atoms with van der Waals surface area (Å²) in [5.74, 6) is 7.28. The van der Waals surface area contributed by atoms with Crippen LogP contribution < -0.4 is 16.0 Å². The lowest BCUT2D eigenvalue weighted by Crippen LogP contribution is -2.31. The van der Waals surface area contributed by atoms with Gasteiger partial charge in [-0.2, -0.15) is 5.10 Å². The Hall–Kier alpha value is -1.79. The monoisotopic (exact) mass is 250 g/mol. The van der Waals surface area contributed by atoms with Crippen LogP contribution in [0.5, 0.6) is 5.75 Å². The summed E-state index contributed by atoms with van der Waals surface area (Å²) in [4.78, 5) is 0. The molecule has 0 amide bonds. The fourth-order valence-electron chi connectivity index (χ4n) is 2.12. The normalized spacial score (nSPS) is 12.7. The molecule has 1 unspecified atom stereocenters. The molecule has 0 aliphatic rings. The van der Waals surface area contributed by atoms with Crippen molar-refractivity contribution in [2.45, 2.75) is 19.4 Å². The highest BCUT2D eigenvalue weighted by Crippen LogP contribution is 2.31. The molecule has 18 heavy (non-hydrogen) atoms. The van der Waals surface area contributed by atoms with Crippen LogP contribution in [0.3, 0.4) is 0 Å². The molecule has 0 radical (unpaired) electrons. The molecule has 0 saturated carbocycles. The molecule has 2 aromatic rings. The summed E-state index contributed by atoms with van der Waals surface area (Å²) >= 11 is 0. The summed E-state index contributed by atoms with van der Waals surface area (Å²) in [6.07, 6.45) is 4.15. The average Bonchev–Trinajstić information content (AvgIpc) is 2.98. The summed E-state index contributed by atoms with van der Waals surface area (Å²) in [6, 6.07) is 1.71. The van der Waals surface area contributed by atoms with Crippen LogP contribution in [0.25, 0.3) is 0 Å². The summed E-state index contributed by atoms with van der Waals surface area (Å²) in [5, 5.41) is 4.19. The minimum absolute atomic E-state index is 0.207. The van der Waals surface area contributed by atoms with E-state index in [1.165, 1.54) is 0 Å². The Morgan fingerprint density at radius 1 is 1.61 bits per heavy atom. The van der Waals surface area contributed by atoms with Gasteiger partial charge >= 0.3 is 0 Å². The second-order valence-electron chi connectivity index (χ2n) is 3.97. The minimum atomic E-state index is -0.207. The lowest BCUT2D eigenvalue weighted by atomic mass is 10.0. The molecule has 2 heterocycles. The lowest BCUT2D eigenvalue weighted by molar-refractivity contribution is 0.400. The largest absolute Gasteiger partial charge is 0.493 e. The van der Waals surface area contributed by atoms with Crippen LogP contribution in [0, 0.1) is 0 Å². The number of ether oxygens (including phenoxy) is 1. The first-order valence-electron chi connectivity index (χ1n) is 5.81. The van der Waals surface area contributed by atoms with E-state index < -0.39 is 0 Å². The molecule has 0 aliphatic heterocycles. The maximum absolute atomic E-state index is 5.68. The fraction of sp³-hybridized carbons (Fsp3) is 0.417. The second-order valence-corrected chi connectivity index (χ2v) is 3.97. The van der Waals surface area contributed by atoms with Crippen molar-refractivity contribution in [3.8, 4) is 5.75 Å². The van der Waals surface area contributed by atoms with Crippen LogP contribution in [0.2, 0.25) is 0 Å². The van der Waals surface area contributed by atoms with Crippen molar-refractivity contribution in [3.05, 3.63) is 35.5 Å². The highest BCUT2D eigenvalue weighted by atomic mass is 16.5.